The summed E-state index contributed by atoms with van der Waals surface area (Å²) in [6.45, 7) is 2.21. The maximum atomic E-state index is 13.4. The standard InChI is InChI=1S/C21H21F4N3O2/c1-2-26-20(29)28(12-14-5-3-7-16(9-14)21(23,24)25)13-18-11-19(27-30-18)15-6-4-8-17(22)10-15/h3-10,18H,2,11-13H2,1H3,(H,26,29)/t18-/m0/s1. The van der Waals surface area contributed by atoms with Crippen molar-refractivity contribution in [3.8, 4) is 0 Å². The van der Waals surface area contributed by atoms with Crippen LogP contribution in [0, 0.1) is 5.82 Å². The number of carbonyl (C=O) groups excluding carboxylic acids is 1. The van der Waals surface area contributed by atoms with Gasteiger partial charge in [-0.15, -0.1) is 0 Å². The van der Waals surface area contributed by atoms with Crippen LogP contribution in [0.2, 0.25) is 0 Å². The van der Waals surface area contributed by atoms with Gasteiger partial charge in [-0.2, -0.15) is 13.2 Å². The van der Waals surface area contributed by atoms with E-state index < -0.39 is 29.7 Å². The molecule has 0 unspecified atom stereocenters. The number of hydrogen-bond donors (Lipinski definition) is 1. The third-order valence-corrected chi connectivity index (χ3v) is 4.56. The smallest absolute Gasteiger partial charge is 0.390 e. The van der Waals surface area contributed by atoms with Gasteiger partial charge in [-0.05, 0) is 36.8 Å². The van der Waals surface area contributed by atoms with Crippen molar-refractivity contribution in [3.05, 3.63) is 71.0 Å². The molecule has 1 aliphatic rings. The number of rotatable bonds is 6. The minimum absolute atomic E-state index is 0.0229. The Bertz CT molecular complexity index is 930. The minimum Gasteiger partial charge on any atom is -0.390 e. The van der Waals surface area contributed by atoms with E-state index in [1.54, 1.807) is 19.1 Å². The molecule has 0 saturated heterocycles. The van der Waals surface area contributed by atoms with Crippen molar-refractivity contribution in [2.24, 2.45) is 5.16 Å². The number of benzene rings is 2. The van der Waals surface area contributed by atoms with E-state index in [1.807, 2.05) is 0 Å². The molecule has 0 aromatic heterocycles. The third-order valence-electron chi connectivity index (χ3n) is 4.56. The van der Waals surface area contributed by atoms with Crippen molar-refractivity contribution >= 4 is 11.7 Å². The van der Waals surface area contributed by atoms with Crippen LogP contribution < -0.4 is 5.32 Å². The average molecular weight is 423 g/mol. The Kier molecular flexibility index (Phi) is 6.59. The van der Waals surface area contributed by atoms with Gasteiger partial charge in [0.2, 0.25) is 0 Å². The number of nitrogens with one attached hydrogen (secondary N) is 1. The summed E-state index contributed by atoms with van der Waals surface area (Å²) in [5.41, 5.74) is 0.708. The van der Waals surface area contributed by atoms with Crippen LogP contribution in [0.3, 0.4) is 0 Å². The maximum absolute atomic E-state index is 13.4. The third kappa shape index (κ3) is 5.49. The summed E-state index contributed by atoms with van der Waals surface area (Å²) >= 11 is 0. The number of oxime groups is 1. The van der Waals surface area contributed by atoms with Crippen LogP contribution >= 0.6 is 0 Å². The predicted molar refractivity (Wildman–Crippen MR) is 103 cm³/mol. The van der Waals surface area contributed by atoms with E-state index in [0.29, 0.717) is 29.8 Å². The molecule has 0 radical (unpaired) electrons. The molecule has 3 rings (SSSR count). The van der Waals surface area contributed by atoms with Gasteiger partial charge in [-0.1, -0.05) is 29.4 Å². The van der Waals surface area contributed by atoms with Gasteiger partial charge in [0, 0.05) is 25.1 Å². The number of nitrogens with zero attached hydrogens (tertiary/aromatic N) is 2. The van der Waals surface area contributed by atoms with Gasteiger partial charge in [0.05, 0.1) is 17.8 Å². The highest BCUT2D eigenvalue weighted by molar-refractivity contribution is 6.01. The SMILES string of the molecule is CCNC(=O)N(Cc1cccc(C(F)(F)F)c1)C[C@@H]1CC(c2cccc(F)c2)=NO1. The van der Waals surface area contributed by atoms with Gasteiger partial charge in [0.1, 0.15) is 5.82 Å². The molecule has 0 aliphatic carbocycles. The quantitative estimate of drug-likeness (QED) is 0.692. The number of carbonyl (C=O) groups is 1. The summed E-state index contributed by atoms with van der Waals surface area (Å²) in [7, 11) is 0. The number of alkyl halides is 3. The van der Waals surface area contributed by atoms with Gasteiger partial charge in [-0.3, -0.25) is 0 Å². The van der Waals surface area contributed by atoms with Crippen molar-refractivity contribution in [2.45, 2.75) is 32.2 Å². The molecule has 0 bridgehead atoms. The number of urea groups is 1. The Balaban J connectivity index is 1.70. The fraction of sp³-hybridized carbons (Fsp3) is 0.333. The summed E-state index contributed by atoms with van der Waals surface area (Å²) in [6, 6.07) is 10.4. The fourth-order valence-corrected chi connectivity index (χ4v) is 3.16. The van der Waals surface area contributed by atoms with Crippen LogP contribution in [0.4, 0.5) is 22.4 Å². The van der Waals surface area contributed by atoms with E-state index in [4.69, 9.17) is 4.84 Å². The van der Waals surface area contributed by atoms with Crippen LogP contribution in [-0.2, 0) is 17.6 Å². The minimum atomic E-state index is -4.46. The van der Waals surface area contributed by atoms with E-state index in [9.17, 15) is 22.4 Å². The molecule has 1 N–H and O–H groups in total. The van der Waals surface area contributed by atoms with Crippen molar-refractivity contribution in [1.29, 1.82) is 0 Å². The van der Waals surface area contributed by atoms with Gasteiger partial charge >= 0.3 is 12.2 Å². The van der Waals surface area contributed by atoms with Crippen LogP contribution in [0.15, 0.2) is 53.7 Å². The van der Waals surface area contributed by atoms with Gasteiger partial charge in [0.25, 0.3) is 0 Å². The van der Waals surface area contributed by atoms with E-state index in [0.717, 1.165) is 12.1 Å². The van der Waals surface area contributed by atoms with Crippen molar-refractivity contribution in [1.82, 2.24) is 10.2 Å². The number of amides is 2. The summed E-state index contributed by atoms with van der Waals surface area (Å²) in [6.07, 6.45) is -4.60. The number of halogens is 4. The molecule has 1 heterocycles. The van der Waals surface area contributed by atoms with Crippen LogP contribution in [0.25, 0.3) is 0 Å². The molecule has 0 fully saturated rings. The molecule has 0 spiro atoms. The molecule has 9 heteroatoms. The van der Waals surface area contributed by atoms with Crippen LogP contribution in [0.5, 0.6) is 0 Å². The molecule has 2 amide bonds. The van der Waals surface area contributed by atoms with Gasteiger partial charge < -0.3 is 15.1 Å². The molecule has 160 valence electrons. The topological polar surface area (TPSA) is 53.9 Å². The Morgan fingerprint density at radius 3 is 2.70 bits per heavy atom. The Morgan fingerprint density at radius 2 is 2.00 bits per heavy atom. The summed E-state index contributed by atoms with van der Waals surface area (Å²) < 4.78 is 52.4. The second-order valence-electron chi connectivity index (χ2n) is 6.89. The zero-order valence-corrected chi connectivity index (χ0v) is 16.2. The van der Waals surface area contributed by atoms with Crippen LogP contribution in [0.1, 0.15) is 30.0 Å². The lowest BCUT2D eigenvalue weighted by Gasteiger charge is -2.25. The number of hydrogen-bond acceptors (Lipinski definition) is 3. The fourth-order valence-electron chi connectivity index (χ4n) is 3.16. The molecule has 30 heavy (non-hydrogen) atoms. The first-order chi connectivity index (χ1) is 14.3. The normalized spacial score (nSPS) is 16.0. The monoisotopic (exact) mass is 423 g/mol. The van der Waals surface area contributed by atoms with E-state index in [1.165, 1.54) is 29.2 Å². The second-order valence-corrected chi connectivity index (χ2v) is 6.89. The molecule has 1 aliphatic heterocycles. The Hall–Kier alpha value is -3.10. The molecule has 2 aromatic rings. The zero-order valence-electron chi connectivity index (χ0n) is 16.2. The second kappa shape index (κ2) is 9.15. The van der Waals surface area contributed by atoms with Crippen molar-refractivity contribution in [2.75, 3.05) is 13.1 Å². The highest BCUT2D eigenvalue weighted by atomic mass is 19.4. The van der Waals surface area contributed by atoms with Crippen LogP contribution in [-0.4, -0.2) is 35.8 Å². The van der Waals surface area contributed by atoms with Gasteiger partial charge in [0.15, 0.2) is 6.10 Å². The largest absolute Gasteiger partial charge is 0.416 e. The lowest BCUT2D eigenvalue weighted by Crippen LogP contribution is -2.43. The molecule has 1 atom stereocenters. The summed E-state index contributed by atoms with van der Waals surface area (Å²) in [4.78, 5) is 19.2. The lowest BCUT2D eigenvalue weighted by atomic mass is 10.0. The molecule has 2 aromatic carbocycles. The first-order valence-corrected chi connectivity index (χ1v) is 9.43. The first kappa shape index (κ1) is 21.6. The first-order valence-electron chi connectivity index (χ1n) is 9.43. The maximum Gasteiger partial charge on any atom is 0.416 e. The Morgan fingerprint density at radius 1 is 1.23 bits per heavy atom. The van der Waals surface area contributed by atoms with Gasteiger partial charge in [-0.25, -0.2) is 9.18 Å². The van der Waals surface area contributed by atoms with E-state index in [2.05, 4.69) is 10.5 Å². The average Bonchev–Trinajstić information content (AvgIpc) is 3.16. The van der Waals surface area contributed by atoms with E-state index in [-0.39, 0.29) is 13.1 Å². The van der Waals surface area contributed by atoms with Crippen molar-refractivity contribution in [3.63, 3.8) is 0 Å². The Labute approximate surface area is 171 Å². The highest BCUT2D eigenvalue weighted by Crippen LogP contribution is 2.30. The molecule has 5 nitrogen and oxygen atoms in total. The lowest BCUT2D eigenvalue weighted by molar-refractivity contribution is -0.137. The summed E-state index contributed by atoms with van der Waals surface area (Å²) in [5.74, 6) is -0.396. The molecular formula is C21H21F4N3O2. The molecule has 0 saturated carbocycles. The van der Waals surface area contributed by atoms with E-state index >= 15 is 0 Å². The zero-order chi connectivity index (χ0) is 21.7. The van der Waals surface area contributed by atoms with Crippen molar-refractivity contribution < 1.29 is 27.2 Å². The summed E-state index contributed by atoms with van der Waals surface area (Å²) in [5, 5.41) is 6.64. The highest BCUT2D eigenvalue weighted by Gasteiger charge is 2.31. The predicted octanol–water partition coefficient (Wildman–Crippen LogP) is 4.57. The molecular weight excluding hydrogens is 402 g/mol.